The Kier molecular flexibility index (Phi) is 7.42. The van der Waals surface area contributed by atoms with Crippen molar-refractivity contribution in [2.24, 2.45) is 17.6 Å². The number of carbonyl (C=O) groups excluding carboxylic acids is 3. The molecule has 0 aliphatic carbocycles. The molecule has 0 spiro atoms. The van der Waals surface area contributed by atoms with Crippen LogP contribution in [0, 0.1) is 11.8 Å². The van der Waals surface area contributed by atoms with Gasteiger partial charge in [-0.15, -0.1) is 0 Å². The zero-order valence-electron chi connectivity index (χ0n) is 14.7. The maximum Gasteiger partial charge on any atom is 0.329 e. The molecule has 1 aromatic rings. The summed E-state index contributed by atoms with van der Waals surface area (Å²) in [6, 6.07) is 5.89. The van der Waals surface area contributed by atoms with Crippen LogP contribution in [-0.4, -0.2) is 23.8 Å². The smallest absolute Gasteiger partial charge is 0.329 e. The summed E-state index contributed by atoms with van der Waals surface area (Å²) < 4.78 is 5.29. The topological polar surface area (TPSA) is 98.5 Å². The fourth-order valence-electron chi connectivity index (χ4n) is 2.16. The predicted molar refractivity (Wildman–Crippen MR) is 91.0 cm³/mol. The summed E-state index contributed by atoms with van der Waals surface area (Å²) in [6.45, 7) is 7.58. The Morgan fingerprint density at radius 1 is 1.17 bits per heavy atom. The van der Waals surface area contributed by atoms with E-state index in [1.165, 1.54) is 0 Å². The average molecular weight is 334 g/mol. The number of esters is 1. The first kappa shape index (κ1) is 19.7. The van der Waals surface area contributed by atoms with Gasteiger partial charge in [0.15, 0.2) is 0 Å². The van der Waals surface area contributed by atoms with Crippen LogP contribution in [0.15, 0.2) is 24.3 Å². The molecule has 0 aliphatic rings. The lowest BCUT2D eigenvalue weighted by Crippen LogP contribution is -2.45. The summed E-state index contributed by atoms with van der Waals surface area (Å²) >= 11 is 0. The second kappa shape index (κ2) is 9.05. The maximum absolute atomic E-state index is 12.3. The largest absolute Gasteiger partial charge is 0.459 e. The highest BCUT2D eigenvalue weighted by Gasteiger charge is 2.25. The molecule has 24 heavy (non-hydrogen) atoms. The third kappa shape index (κ3) is 6.40. The van der Waals surface area contributed by atoms with E-state index >= 15 is 0 Å². The summed E-state index contributed by atoms with van der Waals surface area (Å²) in [6.07, 6.45) is 0.358. The van der Waals surface area contributed by atoms with Crippen molar-refractivity contribution >= 4 is 17.8 Å². The highest BCUT2D eigenvalue weighted by Crippen LogP contribution is 2.10. The van der Waals surface area contributed by atoms with Gasteiger partial charge in [0.25, 0.3) is 0 Å². The first-order valence-electron chi connectivity index (χ1n) is 8.05. The van der Waals surface area contributed by atoms with Gasteiger partial charge in [0.05, 0.1) is 0 Å². The number of nitrogens with one attached hydrogen (secondary N) is 1. The fourth-order valence-corrected chi connectivity index (χ4v) is 2.16. The van der Waals surface area contributed by atoms with Crippen LogP contribution in [0.3, 0.4) is 0 Å². The quantitative estimate of drug-likeness (QED) is 0.711. The minimum atomic E-state index is -0.699. The molecule has 0 radical (unpaired) electrons. The van der Waals surface area contributed by atoms with Gasteiger partial charge in [-0.1, -0.05) is 39.8 Å². The van der Waals surface area contributed by atoms with Gasteiger partial charge in [-0.2, -0.15) is 0 Å². The summed E-state index contributed by atoms with van der Waals surface area (Å²) in [5.74, 6) is -1.08. The van der Waals surface area contributed by atoms with Crippen molar-refractivity contribution < 1.29 is 19.1 Å². The van der Waals surface area contributed by atoms with E-state index in [4.69, 9.17) is 10.5 Å². The molecule has 0 aromatic heterocycles. The van der Waals surface area contributed by atoms with Crippen LogP contribution in [0.1, 0.15) is 50.0 Å². The lowest BCUT2D eigenvalue weighted by atomic mass is 10.0. The SMILES string of the molecule is CC(C)CC(=O)N[C@H](C(=O)OCc1cccc(C(N)=O)c1)C(C)C. The zero-order chi connectivity index (χ0) is 18.3. The number of hydrogen-bond donors (Lipinski definition) is 2. The normalized spacial score (nSPS) is 12.1. The molecule has 1 aromatic carbocycles. The van der Waals surface area contributed by atoms with E-state index in [9.17, 15) is 14.4 Å². The fraction of sp³-hybridized carbons (Fsp3) is 0.500. The zero-order valence-corrected chi connectivity index (χ0v) is 14.7. The van der Waals surface area contributed by atoms with Crippen molar-refractivity contribution in [3.63, 3.8) is 0 Å². The van der Waals surface area contributed by atoms with Gasteiger partial charge in [-0.05, 0) is 29.5 Å². The van der Waals surface area contributed by atoms with E-state index < -0.39 is 17.9 Å². The van der Waals surface area contributed by atoms with E-state index in [1.54, 1.807) is 24.3 Å². The molecule has 1 rings (SSSR count). The summed E-state index contributed by atoms with van der Waals surface area (Å²) in [7, 11) is 0. The molecule has 6 heteroatoms. The van der Waals surface area contributed by atoms with Crippen molar-refractivity contribution in [3.8, 4) is 0 Å². The Hall–Kier alpha value is -2.37. The Morgan fingerprint density at radius 2 is 1.83 bits per heavy atom. The van der Waals surface area contributed by atoms with Crippen LogP contribution in [0.25, 0.3) is 0 Å². The molecule has 0 aliphatic heterocycles. The molecule has 0 unspecified atom stereocenters. The molecule has 0 saturated heterocycles. The van der Waals surface area contributed by atoms with Crippen LogP contribution in [0.4, 0.5) is 0 Å². The molecule has 0 heterocycles. The minimum absolute atomic E-state index is 0.0171. The number of nitrogens with two attached hydrogens (primary N) is 1. The number of carbonyl (C=O) groups is 3. The van der Waals surface area contributed by atoms with Crippen LogP contribution < -0.4 is 11.1 Å². The van der Waals surface area contributed by atoms with Crippen LogP contribution in [0.2, 0.25) is 0 Å². The van der Waals surface area contributed by atoms with E-state index in [0.29, 0.717) is 17.5 Å². The number of ether oxygens (including phenoxy) is 1. The molecule has 0 bridgehead atoms. The van der Waals surface area contributed by atoms with Gasteiger partial charge >= 0.3 is 5.97 Å². The van der Waals surface area contributed by atoms with Crippen LogP contribution >= 0.6 is 0 Å². The second-order valence-electron chi connectivity index (χ2n) is 6.56. The van der Waals surface area contributed by atoms with Gasteiger partial charge < -0.3 is 15.8 Å². The highest BCUT2D eigenvalue weighted by molar-refractivity contribution is 5.92. The average Bonchev–Trinajstić information content (AvgIpc) is 2.49. The number of hydrogen-bond acceptors (Lipinski definition) is 4. The number of benzene rings is 1. The lowest BCUT2D eigenvalue weighted by Gasteiger charge is -2.21. The Labute approximate surface area is 142 Å². The molecule has 3 N–H and O–H groups in total. The van der Waals surface area contributed by atoms with Crippen molar-refractivity contribution in [2.75, 3.05) is 0 Å². The van der Waals surface area contributed by atoms with Gasteiger partial charge in [0, 0.05) is 12.0 Å². The van der Waals surface area contributed by atoms with Gasteiger partial charge in [-0.3, -0.25) is 9.59 Å². The van der Waals surface area contributed by atoms with Gasteiger partial charge in [-0.25, -0.2) is 4.79 Å². The number of rotatable bonds is 8. The summed E-state index contributed by atoms with van der Waals surface area (Å²) in [5, 5.41) is 2.73. The van der Waals surface area contributed by atoms with Crippen molar-refractivity contribution in [1.82, 2.24) is 5.32 Å². The molecule has 0 fully saturated rings. The third-order valence-corrected chi connectivity index (χ3v) is 3.42. The highest BCUT2D eigenvalue weighted by atomic mass is 16.5. The van der Waals surface area contributed by atoms with E-state index in [1.807, 2.05) is 27.7 Å². The van der Waals surface area contributed by atoms with E-state index in [2.05, 4.69) is 5.32 Å². The Balaban J connectivity index is 2.67. The number of amides is 2. The Morgan fingerprint density at radius 3 is 2.38 bits per heavy atom. The lowest BCUT2D eigenvalue weighted by molar-refractivity contribution is -0.150. The van der Waals surface area contributed by atoms with E-state index in [0.717, 1.165) is 0 Å². The molecule has 2 amide bonds. The molecule has 6 nitrogen and oxygen atoms in total. The molecular formula is C18H26N2O4. The molecule has 1 atom stereocenters. The standard InChI is InChI=1S/C18H26N2O4/c1-11(2)8-15(21)20-16(12(3)4)18(23)24-10-13-6-5-7-14(9-13)17(19)22/h5-7,9,11-12,16H,8,10H2,1-4H3,(H2,19,22)(H,20,21)/t16-/m0/s1. The van der Waals surface area contributed by atoms with Crippen LogP contribution in [0.5, 0.6) is 0 Å². The number of primary amides is 1. The first-order chi connectivity index (χ1) is 11.2. The van der Waals surface area contributed by atoms with Gasteiger partial charge in [0.1, 0.15) is 12.6 Å². The molecule has 0 saturated carbocycles. The first-order valence-corrected chi connectivity index (χ1v) is 8.05. The maximum atomic E-state index is 12.3. The monoisotopic (exact) mass is 334 g/mol. The van der Waals surface area contributed by atoms with Crippen molar-refractivity contribution in [3.05, 3.63) is 35.4 Å². The summed E-state index contributed by atoms with van der Waals surface area (Å²) in [4.78, 5) is 35.3. The Bertz CT molecular complexity index is 596. The van der Waals surface area contributed by atoms with Crippen molar-refractivity contribution in [1.29, 1.82) is 0 Å². The van der Waals surface area contributed by atoms with E-state index in [-0.39, 0.29) is 24.3 Å². The molecular weight excluding hydrogens is 308 g/mol. The predicted octanol–water partition coefficient (Wildman–Crippen LogP) is 2.02. The summed E-state index contributed by atoms with van der Waals surface area (Å²) in [5.41, 5.74) is 6.25. The minimum Gasteiger partial charge on any atom is -0.459 e. The molecule has 132 valence electrons. The van der Waals surface area contributed by atoms with Crippen LogP contribution in [-0.2, 0) is 20.9 Å². The third-order valence-electron chi connectivity index (χ3n) is 3.42. The second-order valence-corrected chi connectivity index (χ2v) is 6.56. The van der Waals surface area contributed by atoms with Gasteiger partial charge in [0.2, 0.25) is 11.8 Å². The van der Waals surface area contributed by atoms with Crippen molar-refractivity contribution in [2.45, 2.75) is 46.8 Å².